The molecule has 0 atom stereocenters. The first-order valence-electron chi connectivity index (χ1n) is 9.42. The van der Waals surface area contributed by atoms with E-state index in [9.17, 15) is 4.79 Å². The molecule has 0 N–H and O–H groups in total. The molecule has 0 aliphatic heterocycles. The number of halogens is 1. The Kier molecular flexibility index (Phi) is 5.39. The smallest absolute Gasteiger partial charge is 0.260 e. The van der Waals surface area contributed by atoms with E-state index in [4.69, 9.17) is 16.6 Å². The van der Waals surface area contributed by atoms with Gasteiger partial charge < -0.3 is 0 Å². The first kappa shape index (κ1) is 19.6. The van der Waals surface area contributed by atoms with Crippen molar-refractivity contribution in [1.82, 2.24) is 4.98 Å². The molecule has 0 radical (unpaired) electrons. The molecule has 0 spiro atoms. The van der Waals surface area contributed by atoms with Gasteiger partial charge in [-0.15, -0.1) is 0 Å². The number of anilines is 1. The molecule has 29 heavy (non-hydrogen) atoms. The van der Waals surface area contributed by atoms with Crippen LogP contribution in [-0.2, 0) is 6.54 Å². The maximum absolute atomic E-state index is 13.5. The molecule has 5 heteroatoms. The zero-order chi connectivity index (χ0) is 20.5. The molecular weight excluding hydrogens is 400 g/mol. The van der Waals surface area contributed by atoms with Gasteiger partial charge in [-0.2, -0.15) is 0 Å². The average Bonchev–Trinajstić information content (AvgIpc) is 3.13. The van der Waals surface area contributed by atoms with Gasteiger partial charge in [-0.05, 0) is 56.2 Å². The summed E-state index contributed by atoms with van der Waals surface area (Å²) in [5, 5.41) is 1.36. The summed E-state index contributed by atoms with van der Waals surface area (Å²) in [5.74, 6) is -0.0524. The second-order valence-electron chi connectivity index (χ2n) is 7.27. The highest BCUT2D eigenvalue weighted by Crippen LogP contribution is 2.34. The molecule has 0 saturated carbocycles. The Hall–Kier alpha value is -2.69. The van der Waals surface area contributed by atoms with Crippen molar-refractivity contribution in [3.63, 3.8) is 0 Å². The van der Waals surface area contributed by atoms with Crippen LogP contribution in [0.4, 0.5) is 5.13 Å². The topological polar surface area (TPSA) is 33.2 Å². The van der Waals surface area contributed by atoms with Crippen LogP contribution in [0.1, 0.15) is 32.6 Å². The molecule has 1 heterocycles. The van der Waals surface area contributed by atoms with Crippen LogP contribution < -0.4 is 4.90 Å². The highest BCUT2D eigenvalue weighted by atomic mass is 35.5. The number of aromatic nitrogens is 1. The lowest BCUT2D eigenvalue weighted by molar-refractivity contribution is 0.0985. The number of amides is 1. The number of fused-ring (bicyclic) bond motifs is 1. The summed E-state index contributed by atoms with van der Waals surface area (Å²) in [4.78, 5) is 20.1. The minimum Gasteiger partial charge on any atom is -0.279 e. The summed E-state index contributed by atoms with van der Waals surface area (Å²) in [6, 6.07) is 19.8. The maximum Gasteiger partial charge on any atom is 0.260 e. The Bertz CT molecular complexity index is 1180. The standard InChI is InChI=1S/C24H21ClN2OS/c1-15-11-16(2)13-19(12-15)23(28)27(14-18-7-5-4-6-8-18)24-26-22-17(3)20(25)9-10-21(22)29-24/h4-13H,14H2,1-3H3. The van der Waals surface area contributed by atoms with Gasteiger partial charge >= 0.3 is 0 Å². The molecule has 0 fully saturated rings. The molecule has 3 nitrogen and oxygen atoms in total. The van der Waals surface area contributed by atoms with Gasteiger partial charge in [-0.1, -0.05) is 70.5 Å². The van der Waals surface area contributed by atoms with Gasteiger partial charge in [-0.3, -0.25) is 9.69 Å². The highest BCUT2D eigenvalue weighted by molar-refractivity contribution is 7.22. The molecular formula is C24H21ClN2OS. The summed E-state index contributed by atoms with van der Waals surface area (Å²) >= 11 is 7.80. The van der Waals surface area contributed by atoms with Crippen LogP contribution in [0.15, 0.2) is 60.7 Å². The van der Waals surface area contributed by atoms with E-state index in [1.807, 2.05) is 75.4 Å². The maximum atomic E-state index is 13.5. The van der Waals surface area contributed by atoms with E-state index < -0.39 is 0 Å². The Morgan fingerprint density at radius 2 is 1.69 bits per heavy atom. The fraction of sp³-hybridized carbons (Fsp3) is 0.167. The largest absolute Gasteiger partial charge is 0.279 e. The first-order chi connectivity index (χ1) is 13.9. The van der Waals surface area contributed by atoms with E-state index in [-0.39, 0.29) is 5.91 Å². The Morgan fingerprint density at radius 1 is 1.00 bits per heavy atom. The fourth-order valence-electron chi connectivity index (χ4n) is 3.45. The van der Waals surface area contributed by atoms with Crippen LogP contribution in [0.3, 0.4) is 0 Å². The molecule has 1 aromatic heterocycles. The zero-order valence-electron chi connectivity index (χ0n) is 16.6. The number of carbonyl (C=O) groups is 1. The third-order valence-corrected chi connectivity index (χ3v) is 6.32. The minimum atomic E-state index is -0.0524. The predicted octanol–water partition coefficient (Wildman–Crippen LogP) is 6.72. The van der Waals surface area contributed by atoms with Crippen molar-refractivity contribution in [1.29, 1.82) is 0 Å². The first-order valence-corrected chi connectivity index (χ1v) is 10.6. The van der Waals surface area contributed by atoms with Crippen LogP contribution in [0.5, 0.6) is 0 Å². The van der Waals surface area contributed by atoms with Crippen molar-refractivity contribution in [2.75, 3.05) is 4.90 Å². The van der Waals surface area contributed by atoms with Crippen LogP contribution in [0, 0.1) is 20.8 Å². The Balaban J connectivity index is 1.82. The summed E-state index contributed by atoms with van der Waals surface area (Å²) in [6.45, 7) is 6.43. The molecule has 0 aliphatic rings. The van der Waals surface area contributed by atoms with Crippen molar-refractivity contribution in [3.05, 3.63) is 93.5 Å². The summed E-state index contributed by atoms with van der Waals surface area (Å²) < 4.78 is 1.02. The number of nitrogens with zero attached hydrogens (tertiary/aromatic N) is 2. The van der Waals surface area contributed by atoms with Crippen LogP contribution >= 0.6 is 22.9 Å². The van der Waals surface area contributed by atoms with E-state index in [0.717, 1.165) is 32.5 Å². The molecule has 4 aromatic rings. The van der Waals surface area contributed by atoms with Gasteiger partial charge in [0.25, 0.3) is 5.91 Å². The summed E-state index contributed by atoms with van der Waals surface area (Å²) in [7, 11) is 0. The lowest BCUT2D eigenvalue weighted by atomic mass is 10.1. The van der Waals surface area contributed by atoms with Gasteiger partial charge in [-0.25, -0.2) is 4.98 Å². The molecule has 1 amide bonds. The number of carbonyl (C=O) groups excluding carboxylic acids is 1. The molecule has 0 unspecified atom stereocenters. The van der Waals surface area contributed by atoms with Crippen molar-refractivity contribution in [3.8, 4) is 0 Å². The Morgan fingerprint density at radius 3 is 2.38 bits per heavy atom. The second kappa shape index (κ2) is 7.97. The molecule has 4 rings (SSSR count). The second-order valence-corrected chi connectivity index (χ2v) is 8.69. The van der Waals surface area contributed by atoms with E-state index in [1.54, 1.807) is 4.90 Å². The van der Waals surface area contributed by atoms with Gasteiger partial charge in [0, 0.05) is 10.6 Å². The highest BCUT2D eigenvalue weighted by Gasteiger charge is 2.23. The molecule has 3 aromatic carbocycles. The zero-order valence-corrected chi connectivity index (χ0v) is 18.1. The van der Waals surface area contributed by atoms with E-state index in [2.05, 4.69) is 6.07 Å². The lowest BCUT2D eigenvalue weighted by Gasteiger charge is -2.20. The number of benzene rings is 3. The minimum absolute atomic E-state index is 0.0524. The number of rotatable bonds is 4. The molecule has 0 aliphatic carbocycles. The average molecular weight is 421 g/mol. The van der Waals surface area contributed by atoms with Gasteiger partial charge in [0.2, 0.25) is 0 Å². The summed E-state index contributed by atoms with van der Waals surface area (Å²) in [5.41, 5.74) is 5.65. The van der Waals surface area contributed by atoms with Gasteiger partial charge in [0.1, 0.15) is 0 Å². The molecule has 146 valence electrons. The van der Waals surface area contributed by atoms with Crippen molar-refractivity contribution >= 4 is 44.2 Å². The van der Waals surface area contributed by atoms with E-state index >= 15 is 0 Å². The number of hydrogen-bond acceptors (Lipinski definition) is 3. The normalized spacial score (nSPS) is 11.0. The van der Waals surface area contributed by atoms with Crippen molar-refractivity contribution < 1.29 is 4.79 Å². The number of thiazole rings is 1. The lowest BCUT2D eigenvalue weighted by Crippen LogP contribution is -2.30. The third-order valence-electron chi connectivity index (χ3n) is 4.86. The van der Waals surface area contributed by atoms with Crippen LogP contribution in [-0.4, -0.2) is 10.9 Å². The number of aryl methyl sites for hydroxylation is 3. The van der Waals surface area contributed by atoms with E-state index in [0.29, 0.717) is 22.3 Å². The Labute approximate surface area is 179 Å². The predicted molar refractivity (Wildman–Crippen MR) is 122 cm³/mol. The van der Waals surface area contributed by atoms with Crippen molar-refractivity contribution in [2.24, 2.45) is 0 Å². The quantitative estimate of drug-likeness (QED) is 0.367. The van der Waals surface area contributed by atoms with Crippen LogP contribution in [0.2, 0.25) is 5.02 Å². The SMILES string of the molecule is Cc1cc(C)cc(C(=O)N(Cc2ccccc2)c2nc3c(C)c(Cl)ccc3s2)c1. The van der Waals surface area contributed by atoms with Gasteiger partial charge in [0.15, 0.2) is 5.13 Å². The molecule has 0 bridgehead atoms. The van der Waals surface area contributed by atoms with E-state index in [1.165, 1.54) is 11.3 Å². The van der Waals surface area contributed by atoms with Crippen LogP contribution in [0.25, 0.3) is 10.2 Å². The molecule has 0 saturated heterocycles. The summed E-state index contributed by atoms with van der Waals surface area (Å²) in [6.07, 6.45) is 0. The number of hydrogen-bond donors (Lipinski definition) is 0. The monoisotopic (exact) mass is 420 g/mol. The van der Waals surface area contributed by atoms with Crippen molar-refractivity contribution in [2.45, 2.75) is 27.3 Å². The fourth-order valence-corrected chi connectivity index (χ4v) is 4.63. The third kappa shape index (κ3) is 4.04. The van der Waals surface area contributed by atoms with Gasteiger partial charge in [0.05, 0.1) is 16.8 Å².